The van der Waals surface area contributed by atoms with Crippen LogP contribution in [0.5, 0.6) is 0 Å². The Kier molecular flexibility index (Phi) is 12.1. The van der Waals surface area contributed by atoms with Crippen molar-refractivity contribution in [2.45, 2.75) is 52.0 Å². The molecule has 1 fully saturated rings. The molecule has 4 aromatic rings. The third-order valence-electron chi connectivity index (χ3n) is 8.17. The number of rotatable bonds is 13. The van der Waals surface area contributed by atoms with Crippen LogP contribution in [0.2, 0.25) is 0 Å². The SMILES string of the molecule is CCOC(=O)CNC(=O)Nc1cccc([C@@H]2O[C@H](CN(Cc3ccccc3)Cc3ccccc3)[C@H](C)[C@H](c3ccc(CO)cc3)O2)c1. The van der Waals surface area contributed by atoms with Gasteiger partial charge in [-0.3, -0.25) is 9.69 Å². The van der Waals surface area contributed by atoms with Gasteiger partial charge in [0.15, 0.2) is 6.29 Å². The Morgan fingerprint density at radius 3 is 2.09 bits per heavy atom. The maximum Gasteiger partial charge on any atom is 0.325 e. The highest BCUT2D eigenvalue weighted by Gasteiger charge is 2.39. The minimum absolute atomic E-state index is 0.00441. The van der Waals surface area contributed by atoms with Crippen LogP contribution in [-0.4, -0.2) is 47.8 Å². The number of hydrogen-bond donors (Lipinski definition) is 3. The quantitative estimate of drug-likeness (QED) is 0.147. The maximum absolute atomic E-state index is 12.5. The van der Waals surface area contributed by atoms with E-state index in [1.807, 2.05) is 54.6 Å². The van der Waals surface area contributed by atoms with E-state index in [0.717, 1.165) is 29.8 Å². The summed E-state index contributed by atoms with van der Waals surface area (Å²) in [6.07, 6.45) is -1.20. The van der Waals surface area contributed by atoms with Crippen molar-refractivity contribution in [2.75, 3.05) is 25.0 Å². The van der Waals surface area contributed by atoms with Crippen LogP contribution in [0, 0.1) is 5.92 Å². The van der Waals surface area contributed by atoms with E-state index in [4.69, 9.17) is 14.2 Å². The molecule has 47 heavy (non-hydrogen) atoms. The van der Waals surface area contributed by atoms with Gasteiger partial charge in [-0.1, -0.05) is 104 Å². The first kappa shape index (κ1) is 33.8. The van der Waals surface area contributed by atoms with Crippen LogP contribution < -0.4 is 10.6 Å². The number of carbonyl (C=O) groups is 2. The molecule has 0 aromatic heterocycles. The number of aliphatic hydroxyl groups is 1. The van der Waals surface area contributed by atoms with Crippen LogP contribution in [0.4, 0.5) is 10.5 Å². The van der Waals surface area contributed by atoms with E-state index in [2.05, 4.69) is 71.0 Å². The second-order valence-electron chi connectivity index (χ2n) is 11.7. The summed E-state index contributed by atoms with van der Waals surface area (Å²) >= 11 is 0. The summed E-state index contributed by atoms with van der Waals surface area (Å²) < 4.78 is 18.3. The van der Waals surface area contributed by atoms with Crippen molar-refractivity contribution in [2.24, 2.45) is 5.92 Å². The molecular weight excluding hydrogens is 594 g/mol. The van der Waals surface area contributed by atoms with Gasteiger partial charge in [0.05, 0.1) is 25.4 Å². The van der Waals surface area contributed by atoms with Crippen LogP contribution in [0.3, 0.4) is 0 Å². The molecule has 4 atom stereocenters. The number of aliphatic hydroxyl groups excluding tert-OH is 1. The minimum atomic E-state index is -0.710. The van der Waals surface area contributed by atoms with Crippen LogP contribution in [0.15, 0.2) is 109 Å². The van der Waals surface area contributed by atoms with Gasteiger partial charge in [0.2, 0.25) is 0 Å². The van der Waals surface area contributed by atoms with Crippen molar-refractivity contribution < 1.29 is 28.9 Å². The zero-order valence-corrected chi connectivity index (χ0v) is 26.9. The van der Waals surface area contributed by atoms with Gasteiger partial charge in [0.25, 0.3) is 0 Å². The molecule has 0 spiro atoms. The van der Waals surface area contributed by atoms with Gasteiger partial charge in [0.1, 0.15) is 6.54 Å². The minimum Gasteiger partial charge on any atom is -0.465 e. The van der Waals surface area contributed by atoms with E-state index in [-0.39, 0.29) is 37.9 Å². The third-order valence-corrected chi connectivity index (χ3v) is 8.17. The molecule has 1 aliphatic rings. The monoisotopic (exact) mass is 637 g/mol. The molecule has 3 N–H and O–H groups in total. The van der Waals surface area contributed by atoms with Crippen molar-refractivity contribution in [3.8, 4) is 0 Å². The summed E-state index contributed by atoms with van der Waals surface area (Å²) in [5, 5.41) is 14.9. The summed E-state index contributed by atoms with van der Waals surface area (Å²) in [6, 6.07) is 35.5. The Labute approximate surface area is 276 Å². The van der Waals surface area contributed by atoms with E-state index in [9.17, 15) is 14.7 Å². The number of benzene rings is 4. The van der Waals surface area contributed by atoms with Crippen molar-refractivity contribution in [1.29, 1.82) is 0 Å². The summed E-state index contributed by atoms with van der Waals surface area (Å²) in [6.45, 7) is 6.01. The summed E-state index contributed by atoms with van der Waals surface area (Å²) in [7, 11) is 0. The second-order valence-corrected chi connectivity index (χ2v) is 11.7. The first-order valence-corrected chi connectivity index (χ1v) is 16.0. The fraction of sp³-hybridized carbons (Fsp3) is 0.316. The fourth-order valence-electron chi connectivity index (χ4n) is 5.75. The molecule has 0 unspecified atom stereocenters. The standard InChI is InChI=1S/C38H43N3O6/c1-3-45-35(43)22-39-38(44)40-33-16-10-15-32(21-33)37-46-34(27(2)36(47-37)31-19-17-30(26-42)18-20-31)25-41(23-28-11-6-4-7-12-28)24-29-13-8-5-9-14-29/h4-21,27,34,36-37,42H,3,22-26H2,1-2H3,(H2,39,40,44)/t27-,34+,36+,37+/m0/s1. The predicted molar refractivity (Wildman–Crippen MR) is 180 cm³/mol. The van der Waals surface area contributed by atoms with Crippen LogP contribution >= 0.6 is 0 Å². The molecule has 0 bridgehead atoms. The number of esters is 1. The van der Waals surface area contributed by atoms with Crippen LogP contribution in [0.1, 0.15) is 54.1 Å². The lowest BCUT2D eigenvalue weighted by atomic mass is 9.89. The third kappa shape index (κ3) is 9.73. The van der Waals surface area contributed by atoms with E-state index in [1.165, 1.54) is 11.1 Å². The summed E-state index contributed by atoms with van der Waals surface area (Å²) in [5.74, 6) is -0.512. The number of ether oxygens (including phenoxy) is 3. The Morgan fingerprint density at radius 1 is 0.809 bits per heavy atom. The Bertz CT molecular complexity index is 1530. The lowest BCUT2D eigenvalue weighted by molar-refractivity contribution is -0.276. The molecule has 5 rings (SSSR count). The number of anilines is 1. The Balaban J connectivity index is 1.39. The molecule has 0 saturated carbocycles. The number of hydrogen-bond acceptors (Lipinski definition) is 7. The number of amides is 2. The first-order valence-electron chi connectivity index (χ1n) is 16.0. The molecule has 0 aliphatic carbocycles. The van der Waals surface area contributed by atoms with Crippen molar-refractivity contribution in [1.82, 2.24) is 10.2 Å². The smallest absolute Gasteiger partial charge is 0.325 e. The zero-order chi connectivity index (χ0) is 33.0. The highest BCUT2D eigenvalue weighted by molar-refractivity contribution is 5.91. The van der Waals surface area contributed by atoms with Crippen LogP contribution in [-0.2, 0) is 38.7 Å². The average molecular weight is 638 g/mol. The topological polar surface area (TPSA) is 109 Å². The van der Waals surface area contributed by atoms with Gasteiger partial charge < -0.3 is 30.0 Å². The van der Waals surface area contributed by atoms with Crippen molar-refractivity contribution in [3.05, 3.63) is 137 Å². The number of carbonyl (C=O) groups excluding carboxylic acids is 2. The second kappa shape index (κ2) is 16.9. The van der Waals surface area contributed by atoms with Crippen molar-refractivity contribution in [3.63, 3.8) is 0 Å². The fourth-order valence-corrected chi connectivity index (χ4v) is 5.75. The highest BCUT2D eigenvalue weighted by Crippen LogP contribution is 2.42. The van der Waals surface area contributed by atoms with Gasteiger partial charge in [0, 0.05) is 36.8 Å². The molecule has 1 saturated heterocycles. The lowest BCUT2D eigenvalue weighted by Gasteiger charge is -2.43. The summed E-state index contributed by atoms with van der Waals surface area (Å²) in [5.41, 5.74) is 5.55. The molecule has 1 heterocycles. The Hall–Kier alpha value is -4.54. The maximum atomic E-state index is 12.5. The molecule has 9 heteroatoms. The highest BCUT2D eigenvalue weighted by atomic mass is 16.7. The van der Waals surface area contributed by atoms with E-state index < -0.39 is 18.3 Å². The molecule has 246 valence electrons. The Morgan fingerprint density at radius 2 is 1.47 bits per heavy atom. The first-order chi connectivity index (χ1) is 22.9. The predicted octanol–water partition coefficient (Wildman–Crippen LogP) is 6.36. The number of urea groups is 1. The molecule has 2 amide bonds. The van der Waals surface area contributed by atoms with Crippen molar-refractivity contribution >= 4 is 17.7 Å². The number of nitrogens with one attached hydrogen (secondary N) is 2. The van der Waals surface area contributed by atoms with Gasteiger partial charge in [-0.05, 0) is 41.3 Å². The van der Waals surface area contributed by atoms with E-state index in [1.54, 1.807) is 13.0 Å². The zero-order valence-electron chi connectivity index (χ0n) is 26.9. The number of nitrogens with zero attached hydrogens (tertiary/aromatic N) is 1. The lowest BCUT2D eigenvalue weighted by Crippen LogP contribution is -2.44. The van der Waals surface area contributed by atoms with E-state index in [0.29, 0.717) is 12.2 Å². The average Bonchev–Trinajstić information content (AvgIpc) is 3.09. The van der Waals surface area contributed by atoms with Gasteiger partial charge >= 0.3 is 12.0 Å². The molecular formula is C38H43N3O6. The van der Waals surface area contributed by atoms with Gasteiger partial charge in [-0.15, -0.1) is 0 Å². The van der Waals surface area contributed by atoms with Gasteiger partial charge in [-0.25, -0.2) is 4.79 Å². The normalized spacial score (nSPS) is 19.2. The summed E-state index contributed by atoms with van der Waals surface area (Å²) in [4.78, 5) is 26.6. The molecule has 1 aliphatic heterocycles. The molecule has 9 nitrogen and oxygen atoms in total. The van der Waals surface area contributed by atoms with Crippen LogP contribution in [0.25, 0.3) is 0 Å². The molecule has 0 radical (unpaired) electrons. The largest absolute Gasteiger partial charge is 0.465 e. The van der Waals surface area contributed by atoms with Gasteiger partial charge in [-0.2, -0.15) is 0 Å². The van der Waals surface area contributed by atoms with E-state index >= 15 is 0 Å². The molecule has 4 aromatic carbocycles.